The molecule has 0 heterocycles. The van der Waals surface area contributed by atoms with E-state index >= 15 is 0 Å². The Bertz CT molecular complexity index is 197. The third-order valence-corrected chi connectivity index (χ3v) is 2.61. The van der Waals surface area contributed by atoms with Gasteiger partial charge in [0.1, 0.15) is 0 Å². The molecule has 0 radical (unpaired) electrons. The molecule has 11 heavy (non-hydrogen) atoms. The topological polar surface area (TPSA) is 74.6 Å². The SMILES string of the molecule is CCCC(C)C(O)S(=O)(=O)O. The summed E-state index contributed by atoms with van der Waals surface area (Å²) in [6.07, 6.45) is 1.37. The highest BCUT2D eigenvalue weighted by atomic mass is 32.2. The second-order valence-electron chi connectivity index (χ2n) is 2.67. The fourth-order valence-corrected chi connectivity index (χ4v) is 1.61. The molecule has 0 aliphatic carbocycles. The zero-order valence-electron chi connectivity index (χ0n) is 6.69. The van der Waals surface area contributed by atoms with Gasteiger partial charge in [-0.25, -0.2) is 0 Å². The molecule has 0 aromatic rings. The Kier molecular flexibility index (Phi) is 3.99. The summed E-state index contributed by atoms with van der Waals surface area (Å²) in [7, 11) is -4.27. The predicted octanol–water partition coefficient (Wildman–Crippen LogP) is 0.629. The maximum Gasteiger partial charge on any atom is 0.292 e. The van der Waals surface area contributed by atoms with E-state index < -0.39 is 21.5 Å². The van der Waals surface area contributed by atoms with Gasteiger partial charge in [0.25, 0.3) is 10.1 Å². The van der Waals surface area contributed by atoms with Crippen LogP contribution in [-0.2, 0) is 10.1 Å². The molecule has 0 spiro atoms. The van der Waals surface area contributed by atoms with Gasteiger partial charge >= 0.3 is 0 Å². The van der Waals surface area contributed by atoms with Gasteiger partial charge < -0.3 is 5.11 Å². The Balaban J connectivity index is 4.14. The largest absolute Gasteiger partial charge is 0.375 e. The van der Waals surface area contributed by atoms with Crippen molar-refractivity contribution in [3.8, 4) is 0 Å². The quantitative estimate of drug-likeness (QED) is 0.625. The lowest BCUT2D eigenvalue weighted by atomic mass is 10.1. The molecule has 0 aliphatic heterocycles. The molecule has 0 rings (SSSR count). The predicted molar refractivity (Wildman–Crippen MR) is 41.6 cm³/mol. The highest BCUT2D eigenvalue weighted by Crippen LogP contribution is 2.13. The van der Waals surface area contributed by atoms with Gasteiger partial charge in [-0.3, -0.25) is 4.55 Å². The van der Waals surface area contributed by atoms with E-state index in [0.29, 0.717) is 6.42 Å². The van der Waals surface area contributed by atoms with Gasteiger partial charge in [-0.05, 0) is 12.3 Å². The first-order chi connectivity index (χ1) is 4.89. The number of rotatable bonds is 4. The van der Waals surface area contributed by atoms with E-state index in [-0.39, 0.29) is 0 Å². The molecule has 0 fully saturated rings. The van der Waals surface area contributed by atoms with Gasteiger partial charge in [-0.1, -0.05) is 20.3 Å². The maximum absolute atomic E-state index is 10.4. The smallest absolute Gasteiger partial charge is 0.292 e. The highest BCUT2D eigenvalue weighted by Gasteiger charge is 2.25. The first kappa shape index (κ1) is 10.9. The highest BCUT2D eigenvalue weighted by molar-refractivity contribution is 7.86. The summed E-state index contributed by atoms with van der Waals surface area (Å²) in [6.45, 7) is 3.47. The van der Waals surface area contributed by atoms with Crippen molar-refractivity contribution < 1.29 is 18.1 Å². The molecular weight excluding hydrogens is 168 g/mol. The summed E-state index contributed by atoms with van der Waals surface area (Å²) in [6, 6.07) is 0. The monoisotopic (exact) mass is 182 g/mol. The summed E-state index contributed by atoms with van der Waals surface area (Å²) >= 11 is 0. The molecule has 2 N–H and O–H groups in total. The molecule has 0 aromatic carbocycles. The molecule has 0 saturated carbocycles. The van der Waals surface area contributed by atoms with E-state index in [9.17, 15) is 8.42 Å². The van der Waals surface area contributed by atoms with Crippen molar-refractivity contribution in [1.29, 1.82) is 0 Å². The minimum absolute atomic E-state index is 0.407. The van der Waals surface area contributed by atoms with Crippen LogP contribution in [0.4, 0.5) is 0 Å². The van der Waals surface area contributed by atoms with Crippen LogP contribution in [0.5, 0.6) is 0 Å². The van der Waals surface area contributed by atoms with Crippen molar-refractivity contribution in [3.05, 3.63) is 0 Å². The molecule has 0 bridgehead atoms. The second-order valence-corrected chi connectivity index (χ2v) is 4.18. The van der Waals surface area contributed by atoms with Gasteiger partial charge in [-0.15, -0.1) is 0 Å². The summed E-state index contributed by atoms with van der Waals surface area (Å²) in [5.74, 6) is -0.407. The first-order valence-electron chi connectivity index (χ1n) is 3.54. The van der Waals surface area contributed by atoms with Crippen LogP contribution in [-0.4, -0.2) is 23.5 Å². The van der Waals surface area contributed by atoms with Crippen LogP contribution in [0, 0.1) is 5.92 Å². The maximum atomic E-state index is 10.4. The van der Waals surface area contributed by atoms with Crippen molar-refractivity contribution in [2.45, 2.75) is 32.1 Å². The molecule has 0 aliphatic rings. The van der Waals surface area contributed by atoms with E-state index in [4.69, 9.17) is 9.66 Å². The molecule has 4 nitrogen and oxygen atoms in total. The van der Waals surface area contributed by atoms with E-state index in [1.807, 2.05) is 6.92 Å². The van der Waals surface area contributed by atoms with Crippen LogP contribution in [0.3, 0.4) is 0 Å². The van der Waals surface area contributed by atoms with Crippen molar-refractivity contribution in [2.75, 3.05) is 0 Å². The third kappa shape index (κ3) is 3.69. The van der Waals surface area contributed by atoms with Gasteiger partial charge in [0.2, 0.25) is 0 Å². The van der Waals surface area contributed by atoms with Crippen LogP contribution in [0.1, 0.15) is 26.7 Å². The Morgan fingerprint density at radius 3 is 2.18 bits per heavy atom. The average molecular weight is 182 g/mol. The van der Waals surface area contributed by atoms with Gasteiger partial charge in [-0.2, -0.15) is 8.42 Å². The minimum Gasteiger partial charge on any atom is -0.375 e. The second kappa shape index (κ2) is 4.04. The molecular formula is C6H14O4S. The summed E-state index contributed by atoms with van der Waals surface area (Å²) in [5, 5.41) is 8.95. The number of hydrogen-bond acceptors (Lipinski definition) is 3. The Morgan fingerprint density at radius 1 is 1.45 bits per heavy atom. The van der Waals surface area contributed by atoms with Crippen LogP contribution in [0.15, 0.2) is 0 Å². The van der Waals surface area contributed by atoms with E-state index in [2.05, 4.69) is 0 Å². The van der Waals surface area contributed by atoms with E-state index in [0.717, 1.165) is 6.42 Å². The standard InChI is InChI=1S/C6H14O4S/c1-3-4-5(2)6(7)11(8,9)10/h5-7H,3-4H2,1-2H3,(H,8,9,10). The Hall–Kier alpha value is -0.130. The fraction of sp³-hybridized carbons (Fsp3) is 1.00. The lowest BCUT2D eigenvalue weighted by Crippen LogP contribution is -2.27. The number of hydrogen-bond donors (Lipinski definition) is 2. The molecule has 0 aromatic heterocycles. The molecule has 2 unspecified atom stereocenters. The zero-order chi connectivity index (χ0) is 9.07. The van der Waals surface area contributed by atoms with Crippen LogP contribution in [0.25, 0.3) is 0 Å². The van der Waals surface area contributed by atoms with Crippen LogP contribution >= 0.6 is 0 Å². The third-order valence-electron chi connectivity index (χ3n) is 1.54. The summed E-state index contributed by atoms with van der Waals surface area (Å²) in [4.78, 5) is 0. The van der Waals surface area contributed by atoms with Crippen molar-refractivity contribution in [2.24, 2.45) is 5.92 Å². The van der Waals surface area contributed by atoms with Gasteiger partial charge in [0.05, 0.1) is 0 Å². The normalized spacial score (nSPS) is 17.8. The average Bonchev–Trinajstić information content (AvgIpc) is 1.85. The van der Waals surface area contributed by atoms with Gasteiger partial charge in [0, 0.05) is 0 Å². The van der Waals surface area contributed by atoms with Crippen LogP contribution < -0.4 is 0 Å². The number of aliphatic hydroxyl groups excluding tert-OH is 1. The molecule has 5 heteroatoms. The summed E-state index contributed by atoms with van der Waals surface area (Å²) in [5.41, 5.74) is -1.64. The van der Waals surface area contributed by atoms with Crippen molar-refractivity contribution in [1.82, 2.24) is 0 Å². The molecule has 0 amide bonds. The van der Waals surface area contributed by atoms with Crippen LogP contribution in [0.2, 0.25) is 0 Å². The van der Waals surface area contributed by atoms with Crippen molar-refractivity contribution >= 4 is 10.1 Å². The van der Waals surface area contributed by atoms with E-state index in [1.165, 1.54) is 0 Å². The molecule has 68 valence electrons. The van der Waals surface area contributed by atoms with Crippen molar-refractivity contribution in [3.63, 3.8) is 0 Å². The fourth-order valence-electron chi connectivity index (χ4n) is 0.891. The molecule has 0 saturated heterocycles. The van der Waals surface area contributed by atoms with E-state index in [1.54, 1.807) is 6.92 Å². The first-order valence-corrected chi connectivity index (χ1v) is 5.04. The lowest BCUT2D eigenvalue weighted by molar-refractivity contribution is 0.171. The number of aliphatic hydroxyl groups is 1. The zero-order valence-corrected chi connectivity index (χ0v) is 7.50. The minimum atomic E-state index is -4.27. The lowest BCUT2D eigenvalue weighted by Gasteiger charge is -2.14. The Morgan fingerprint density at radius 2 is 1.91 bits per heavy atom. The Labute approximate surface area is 67.0 Å². The van der Waals surface area contributed by atoms with Gasteiger partial charge in [0.15, 0.2) is 5.44 Å². The molecule has 2 atom stereocenters. The summed E-state index contributed by atoms with van der Waals surface area (Å²) < 4.78 is 29.1.